The number of para-hydroxylation sites is 1. The van der Waals surface area contributed by atoms with Crippen molar-refractivity contribution in [2.45, 2.75) is 13.5 Å². The van der Waals surface area contributed by atoms with Crippen molar-refractivity contribution in [2.75, 3.05) is 5.32 Å². The van der Waals surface area contributed by atoms with Crippen LogP contribution in [0.15, 0.2) is 57.8 Å². The first-order valence-corrected chi connectivity index (χ1v) is 8.24. The van der Waals surface area contributed by atoms with Crippen LogP contribution in [0.3, 0.4) is 0 Å². The van der Waals surface area contributed by atoms with E-state index >= 15 is 0 Å². The highest BCUT2D eigenvalue weighted by Gasteiger charge is 2.06. The maximum Gasteiger partial charge on any atom is 0.319 e. The average Bonchev–Trinajstić information content (AvgIpc) is 2.56. The zero-order chi connectivity index (χ0) is 17.1. The molecule has 122 valence electrons. The van der Waals surface area contributed by atoms with Gasteiger partial charge in [-0.2, -0.15) is 0 Å². The van der Waals surface area contributed by atoms with Gasteiger partial charge in [0.1, 0.15) is 0 Å². The molecule has 3 rings (SSSR count). The van der Waals surface area contributed by atoms with E-state index in [9.17, 15) is 9.59 Å². The Balaban J connectivity index is 1.68. The molecule has 0 aliphatic rings. The van der Waals surface area contributed by atoms with Crippen molar-refractivity contribution in [1.82, 2.24) is 10.3 Å². The summed E-state index contributed by atoms with van der Waals surface area (Å²) in [4.78, 5) is 26.9. The molecule has 0 saturated carbocycles. The second kappa shape index (κ2) is 6.88. The molecule has 0 fully saturated rings. The SMILES string of the molecule is Cc1ccc(NC(=O)NCc2cc3ccccc3[nH]c2=O)cc1Br. The Bertz CT molecular complexity index is 966. The molecule has 0 radical (unpaired) electrons. The number of anilines is 1. The van der Waals surface area contributed by atoms with Crippen LogP contribution in [0.2, 0.25) is 0 Å². The summed E-state index contributed by atoms with van der Waals surface area (Å²) >= 11 is 3.43. The van der Waals surface area contributed by atoms with E-state index in [-0.39, 0.29) is 18.1 Å². The van der Waals surface area contributed by atoms with Crippen LogP contribution in [-0.2, 0) is 6.54 Å². The van der Waals surface area contributed by atoms with Crippen LogP contribution in [0, 0.1) is 6.92 Å². The summed E-state index contributed by atoms with van der Waals surface area (Å²) in [6, 6.07) is 14.5. The monoisotopic (exact) mass is 385 g/mol. The first-order chi connectivity index (χ1) is 11.5. The van der Waals surface area contributed by atoms with Crippen molar-refractivity contribution in [3.63, 3.8) is 0 Å². The van der Waals surface area contributed by atoms with Crippen molar-refractivity contribution in [3.8, 4) is 0 Å². The zero-order valence-electron chi connectivity index (χ0n) is 13.0. The summed E-state index contributed by atoms with van der Waals surface area (Å²) in [6.45, 7) is 2.12. The molecule has 0 bridgehead atoms. The minimum Gasteiger partial charge on any atom is -0.334 e. The molecule has 1 heterocycles. The van der Waals surface area contributed by atoms with Gasteiger partial charge in [-0.3, -0.25) is 4.79 Å². The molecule has 2 aromatic carbocycles. The molecule has 6 heteroatoms. The number of aryl methyl sites for hydroxylation is 1. The van der Waals surface area contributed by atoms with Crippen LogP contribution in [0.5, 0.6) is 0 Å². The molecule has 3 N–H and O–H groups in total. The summed E-state index contributed by atoms with van der Waals surface area (Å²) in [5, 5.41) is 6.37. The fourth-order valence-corrected chi connectivity index (χ4v) is 2.72. The van der Waals surface area contributed by atoms with E-state index in [1.165, 1.54) is 0 Å². The third-order valence-electron chi connectivity index (χ3n) is 3.70. The normalized spacial score (nSPS) is 10.6. The number of amides is 2. The quantitative estimate of drug-likeness (QED) is 0.638. The first kappa shape index (κ1) is 16.3. The van der Waals surface area contributed by atoms with Crippen molar-refractivity contribution in [2.24, 2.45) is 0 Å². The molecular weight excluding hydrogens is 370 g/mol. The van der Waals surface area contributed by atoms with Crippen LogP contribution in [-0.4, -0.2) is 11.0 Å². The van der Waals surface area contributed by atoms with E-state index < -0.39 is 0 Å². The minimum atomic E-state index is -0.363. The van der Waals surface area contributed by atoms with Gasteiger partial charge in [0.25, 0.3) is 5.56 Å². The van der Waals surface area contributed by atoms with Crippen LogP contribution < -0.4 is 16.2 Å². The summed E-state index contributed by atoms with van der Waals surface area (Å²) < 4.78 is 0.922. The third kappa shape index (κ3) is 3.65. The number of nitrogens with one attached hydrogen (secondary N) is 3. The lowest BCUT2D eigenvalue weighted by molar-refractivity contribution is 0.251. The van der Waals surface area contributed by atoms with Gasteiger partial charge in [-0.15, -0.1) is 0 Å². The second-order valence-electron chi connectivity index (χ2n) is 5.48. The Kier molecular flexibility index (Phi) is 4.66. The number of pyridine rings is 1. The maximum absolute atomic E-state index is 12.1. The Hall–Kier alpha value is -2.60. The van der Waals surface area contributed by atoms with Gasteiger partial charge < -0.3 is 15.6 Å². The molecule has 0 atom stereocenters. The van der Waals surface area contributed by atoms with Gasteiger partial charge in [0.15, 0.2) is 0 Å². The van der Waals surface area contributed by atoms with Crippen molar-refractivity contribution in [1.29, 1.82) is 0 Å². The largest absolute Gasteiger partial charge is 0.334 e. The fraction of sp³-hybridized carbons (Fsp3) is 0.111. The molecule has 2 amide bonds. The standard InChI is InChI=1S/C18H16BrN3O2/c1-11-6-7-14(9-15(11)19)21-18(24)20-10-13-8-12-4-2-3-5-16(12)22-17(13)23/h2-9H,10H2,1H3,(H,22,23)(H2,20,21,24). The van der Waals surface area contributed by atoms with Crippen LogP contribution in [0.25, 0.3) is 10.9 Å². The van der Waals surface area contributed by atoms with Gasteiger partial charge in [0.05, 0.1) is 0 Å². The molecule has 0 aliphatic heterocycles. The van der Waals surface area contributed by atoms with E-state index in [0.29, 0.717) is 11.3 Å². The van der Waals surface area contributed by atoms with Gasteiger partial charge in [-0.05, 0) is 42.1 Å². The molecule has 0 aliphatic carbocycles. The number of hydrogen-bond donors (Lipinski definition) is 3. The number of aromatic nitrogens is 1. The van der Waals surface area contributed by atoms with Gasteiger partial charge in [0, 0.05) is 27.8 Å². The zero-order valence-corrected chi connectivity index (χ0v) is 14.6. The molecule has 0 unspecified atom stereocenters. The second-order valence-corrected chi connectivity index (χ2v) is 6.34. The number of carbonyl (C=O) groups is 1. The smallest absolute Gasteiger partial charge is 0.319 e. The number of H-pyrrole nitrogens is 1. The highest BCUT2D eigenvalue weighted by molar-refractivity contribution is 9.10. The Morgan fingerprint density at radius 3 is 2.75 bits per heavy atom. The van der Waals surface area contributed by atoms with E-state index in [1.54, 1.807) is 6.07 Å². The first-order valence-electron chi connectivity index (χ1n) is 7.45. The minimum absolute atomic E-state index is 0.152. The lowest BCUT2D eigenvalue weighted by atomic mass is 10.1. The number of carbonyl (C=O) groups excluding carboxylic acids is 1. The Labute approximate surface area is 147 Å². The van der Waals surface area contributed by atoms with Gasteiger partial charge in [-0.25, -0.2) is 4.79 Å². The predicted octanol–water partition coefficient (Wildman–Crippen LogP) is 3.92. The number of urea groups is 1. The number of hydrogen-bond acceptors (Lipinski definition) is 2. The molecule has 5 nitrogen and oxygen atoms in total. The topological polar surface area (TPSA) is 74.0 Å². The maximum atomic E-state index is 12.1. The van der Waals surface area contributed by atoms with E-state index in [4.69, 9.17) is 0 Å². The van der Waals surface area contributed by atoms with E-state index in [1.807, 2.05) is 49.4 Å². The van der Waals surface area contributed by atoms with Crippen molar-refractivity contribution in [3.05, 3.63) is 74.5 Å². The molecule has 0 spiro atoms. The Morgan fingerprint density at radius 1 is 1.17 bits per heavy atom. The van der Waals surface area contributed by atoms with Crippen LogP contribution >= 0.6 is 15.9 Å². The summed E-state index contributed by atoms with van der Waals surface area (Å²) in [6.07, 6.45) is 0. The highest BCUT2D eigenvalue weighted by Crippen LogP contribution is 2.20. The molecule has 3 aromatic rings. The van der Waals surface area contributed by atoms with Crippen molar-refractivity contribution < 1.29 is 4.79 Å². The van der Waals surface area contributed by atoms with Gasteiger partial charge in [-0.1, -0.05) is 40.2 Å². The predicted molar refractivity (Wildman–Crippen MR) is 99.3 cm³/mol. The molecule has 24 heavy (non-hydrogen) atoms. The lowest BCUT2D eigenvalue weighted by Crippen LogP contribution is -2.30. The number of rotatable bonds is 3. The number of halogens is 1. The van der Waals surface area contributed by atoms with Crippen LogP contribution in [0.1, 0.15) is 11.1 Å². The third-order valence-corrected chi connectivity index (χ3v) is 4.55. The van der Waals surface area contributed by atoms with Gasteiger partial charge in [0.2, 0.25) is 0 Å². The van der Waals surface area contributed by atoms with E-state index in [2.05, 4.69) is 31.5 Å². The number of benzene rings is 2. The molecule has 1 aromatic heterocycles. The lowest BCUT2D eigenvalue weighted by Gasteiger charge is -2.09. The van der Waals surface area contributed by atoms with Gasteiger partial charge >= 0.3 is 6.03 Å². The summed E-state index contributed by atoms with van der Waals surface area (Å²) in [5.74, 6) is 0. The molecule has 0 saturated heterocycles. The Morgan fingerprint density at radius 2 is 1.96 bits per heavy atom. The van der Waals surface area contributed by atoms with Crippen molar-refractivity contribution >= 4 is 38.6 Å². The summed E-state index contributed by atoms with van der Waals surface area (Å²) in [5.41, 5.74) is 2.85. The molecular formula is C18H16BrN3O2. The fourth-order valence-electron chi connectivity index (χ4n) is 2.35. The highest BCUT2D eigenvalue weighted by atomic mass is 79.9. The average molecular weight is 386 g/mol. The van der Waals surface area contributed by atoms with Crippen LogP contribution in [0.4, 0.5) is 10.5 Å². The number of fused-ring (bicyclic) bond motifs is 1. The number of aromatic amines is 1. The van der Waals surface area contributed by atoms with E-state index in [0.717, 1.165) is 20.9 Å². The summed E-state index contributed by atoms with van der Waals surface area (Å²) in [7, 11) is 0.